The molecule has 5 nitrogen and oxygen atoms in total. The third-order valence-electron chi connectivity index (χ3n) is 5.46. The second-order valence-electron chi connectivity index (χ2n) is 7.74. The van der Waals surface area contributed by atoms with E-state index in [1.807, 2.05) is 24.3 Å². The smallest absolute Gasteiger partial charge is 0.417 e. The summed E-state index contributed by atoms with van der Waals surface area (Å²) in [5.41, 5.74) is 3.73. The Labute approximate surface area is 198 Å². The predicted octanol–water partition coefficient (Wildman–Crippen LogP) is 6.39. The van der Waals surface area contributed by atoms with E-state index in [-0.39, 0.29) is 16.3 Å². The Kier molecular flexibility index (Phi) is 6.10. The van der Waals surface area contributed by atoms with E-state index >= 15 is 0 Å². The number of carbonyl (C=O) groups excluding carboxylic acids is 1. The van der Waals surface area contributed by atoms with Gasteiger partial charge in [0.25, 0.3) is 5.91 Å². The van der Waals surface area contributed by atoms with Crippen molar-refractivity contribution in [2.45, 2.75) is 20.0 Å². The van der Waals surface area contributed by atoms with Crippen LogP contribution >= 0.6 is 11.6 Å². The number of phenols is 1. The molecule has 9 heteroatoms. The highest BCUT2D eigenvalue weighted by atomic mass is 35.5. The maximum absolute atomic E-state index is 13.3. The summed E-state index contributed by atoms with van der Waals surface area (Å²) in [5.74, 6) is -0.770. The Morgan fingerprint density at radius 3 is 2.41 bits per heavy atom. The summed E-state index contributed by atoms with van der Waals surface area (Å²) >= 11 is 5.74. The van der Waals surface area contributed by atoms with E-state index in [1.54, 1.807) is 30.5 Å². The molecule has 0 saturated carbocycles. The van der Waals surface area contributed by atoms with Gasteiger partial charge in [0.05, 0.1) is 22.4 Å². The molecule has 4 aromatic rings. The zero-order valence-electron chi connectivity index (χ0n) is 18.1. The number of nitrogens with zero attached hydrogens (tertiary/aromatic N) is 2. The molecule has 0 fully saturated rings. The van der Waals surface area contributed by atoms with E-state index in [4.69, 9.17) is 11.6 Å². The quantitative estimate of drug-likeness (QED) is 0.260. The molecule has 34 heavy (non-hydrogen) atoms. The molecule has 0 aliphatic carbocycles. The number of hydrogen-bond acceptors (Lipinski definition) is 3. The van der Waals surface area contributed by atoms with Gasteiger partial charge in [-0.2, -0.15) is 18.3 Å². The molecule has 0 atom stereocenters. The molecule has 0 spiro atoms. The number of benzene rings is 3. The summed E-state index contributed by atoms with van der Waals surface area (Å²) in [6.07, 6.45) is -3.18. The first kappa shape index (κ1) is 23.4. The van der Waals surface area contributed by atoms with E-state index in [0.717, 1.165) is 16.8 Å². The van der Waals surface area contributed by atoms with Crippen LogP contribution in [0.3, 0.4) is 0 Å². The molecule has 0 saturated heterocycles. The number of nitrogens with one attached hydrogen (secondary N) is 1. The normalized spacial score (nSPS) is 11.9. The topological polar surface area (TPSA) is 66.6 Å². The zero-order chi connectivity index (χ0) is 24.6. The van der Waals surface area contributed by atoms with Crippen molar-refractivity contribution in [2.24, 2.45) is 5.10 Å². The van der Waals surface area contributed by atoms with Crippen LogP contribution in [0.1, 0.15) is 32.9 Å². The number of rotatable bonds is 4. The van der Waals surface area contributed by atoms with Gasteiger partial charge in [-0.25, -0.2) is 5.43 Å². The van der Waals surface area contributed by atoms with Crippen molar-refractivity contribution in [3.8, 4) is 11.4 Å². The minimum Gasteiger partial charge on any atom is -0.507 e. The summed E-state index contributed by atoms with van der Waals surface area (Å²) in [4.78, 5) is 12.5. The van der Waals surface area contributed by atoms with Crippen molar-refractivity contribution in [1.29, 1.82) is 0 Å². The average molecular weight is 486 g/mol. The number of fused-ring (bicyclic) bond motifs is 1. The first-order chi connectivity index (χ1) is 16.1. The number of amides is 1. The Morgan fingerprint density at radius 2 is 1.74 bits per heavy atom. The predicted molar refractivity (Wildman–Crippen MR) is 126 cm³/mol. The minimum absolute atomic E-state index is 0.0715. The number of alkyl halides is 3. The summed E-state index contributed by atoms with van der Waals surface area (Å²) in [6, 6.07) is 15.8. The molecule has 1 aromatic heterocycles. The number of hydrogen-bond donors (Lipinski definition) is 2. The Bertz CT molecular complexity index is 1440. The standard InChI is InChI=1S/C25H19ClF3N3O2/c1-14-9-18(15(2)32(14)19-7-8-22(26)21(12-19)25(27,28)29)13-30-31-24(34)20-10-16-5-3-4-6-17(16)11-23(20)33/h3-13,33H,1-2H3,(H,31,34)/b30-13-. The highest BCUT2D eigenvalue weighted by Gasteiger charge is 2.33. The summed E-state index contributed by atoms with van der Waals surface area (Å²) in [7, 11) is 0. The highest BCUT2D eigenvalue weighted by molar-refractivity contribution is 6.31. The monoisotopic (exact) mass is 485 g/mol. The fourth-order valence-corrected chi connectivity index (χ4v) is 4.04. The van der Waals surface area contributed by atoms with Crippen LogP contribution in [0.5, 0.6) is 5.75 Å². The van der Waals surface area contributed by atoms with Gasteiger partial charge in [0.2, 0.25) is 0 Å². The van der Waals surface area contributed by atoms with Crippen LogP contribution in [0.25, 0.3) is 16.5 Å². The molecule has 0 aliphatic rings. The highest BCUT2D eigenvalue weighted by Crippen LogP contribution is 2.36. The summed E-state index contributed by atoms with van der Waals surface area (Å²) < 4.78 is 41.5. The fourth-order valence-electron chi connectivity index (χ4n) is 3.82. The van der Waals surface area contributed by atoms with Gasteiger partial charge in [-0.05, 0) is 61.0 Å². The molecular formula is C25H19ClF3N3O2. The van der Waals surface area contributed by atoms with E-state index in [0.29, 0.717) is 22.6 Å². The first-order valence-electron chi connectivity index (χ1n) is 10.2. The second-order valence-corrected chi connectivity index (χ2v) is 8.15. The van der Waals surface area contributed by atoms with Gasteiger partial charge < -0.3 is 9.67 Å². The molecule has 1 amide bonds. The van der Waals surface area contributed by atoms with E-state index in [1.165, 1.54) is 24.4 Å². The Hall–Kier alpha value is -3.78. The minimum atomic E-state index is -4.58. The Balaban J connectivity index is 1.58. The molecule has 0 aliphatic heterocycles. The van der Waals surface area contributed by atoms with E-state index in [9.17, 15) is 23.1 Å². The van der Waals surface area contributed by atoms with Crippen molar-refractivity contribution < 1.29 is 23.1 Å². The van der Waals surface area contributed by atoms with E-state index < -0.39 is 17.6 Å². The molecule has 0 radical (unpaired) electrons. The van der Waals surface area contributed by atoms with Crippen LogP contribution in [0.4, 0.5) is 13.2 Å². The van der Waals surface area contributed by atoms with Crippen LogP contribution in [0.2, 0.25) is 5.02 Å². The molecule has 2 N–H and O–H groups in total. The third kappa shape index (κ3) is 4.49. The van der Waals surface area contributed by atoms with Crippen molar-refractivity contribution in [2.75, 3.05) is 0 Å². The lowest BCUT2D eigenvalue weighted by Gasteiger charge is -2.14. The van der Waals surface area contributed by atoms with Crippen molar-refractivity contribution in [1.82, 2.24) is 9.99 Å². The van der Waals surface area contributed by atoms with E-state index in [2.05, 4.69) is 10.5 Å². The van der Waals surface area contributed by atoms with Gasteiger partial charge in [-0.3, -0.25) is 4.79 Å². The number of aryl methyl sites for hydroxylation is 1. The lowest BCUT2D eigenvalue weighted by molar-refractivity contribution is -0.137. The fraction of sp³-hybridized carbons (Fsp3) is 0.120. The number of phenolic OH excluding ortho intramolecular Hbond substituents is 1. The van der Waals surface area contributed by atoms with Crippen molar-refractivity contribution in [3.05, 3.63) is 93.8 Å². The van der Waals surface area contributed by atoms with Crippen molar-refractivity contribution >= 4 is 34.5 Å². The Morgan fingerprint density at radius 1 is 1.06 bits per heavy atom. The molecule has 1 heterocycles. The molecule has 174 valence electrons. The van der Waals surface area contributed by atoms with Crippen LogP contribution in [0, 0.1) is 13.8 Å². The van der Waals surface area contributed by atoms with Crippen molar-refractivity contribution in [3.63, 3.8) is 0 Å². The van der Waals surface area contributed by atoms with Crippen LogP contribution in [0.15, 0.2) is 65.8 Å². The number of hydrazone groups is 1. The van der Waals surface area contributed by atoms with Gasteiger partial charge in [-0.15, -0.1) is 0 Å². The van der Waals surface area contributed by atoms with Crippen LogP contribution in [-0.2, 0) is 6.18 Å². The number of aromatic hydroxyl groups is 1. The van der Waals surface area contributed by atoms with Crippen LogP contribution < -0.4 is 5.43 Å². The molecule has 0 unspecified atom stereocenters. The first-order valence-corrected chi connectivity index (χ1v) is 10.6. The maximum Gasteiger partial charge on any atom is 0.417 e. The van der Waals surface area contributed by atoms with Gasteiger partial charge in [0, 0.05) is 22.6 Å². The average Bonchev–Trinajstić information content (AvgIpc) is 3.06. The van der Waals surface area contributed by atoms with Gasteiger partial charge in [0.1, 0.15) is 5.75 Å². The van der Waals surface area contributed by atoms with Gasteiger partial charge in [-0.1, -0.05) is 35.9 Å². The SMILES string of the molecule is Cc1cc(/C=N\NC(=O)c2cc3ccccc3cc2O)c(C)n1-c1ccc(Cl)c(C(F)(F)F)c1. The van der Waals surface area contributed by atoms with Crippen LogP contribution in [-0.4, -0.2) is 21.8 Å². The number of aromatic nitrogens is 1. The summed E-state index contributed by atoms with van der Waals surface area (Å²) in [6.45, 7) is 3.48. The molecule has 0 bridgehead atoms. The summed E-state index contributed by atoms with van der Waals surface area (Å²) in [5, 5.41) is 15.4. The molecule has 4 rings (SSSR count). The van der Waals surface area contributed by atoms with Gasteiger partial charge >= 0.3 is 6.18 Å². The maximum atomic E-state index is 13.3. The third-order valence-corrected chi connectivity index (χ3v) is 5.79. The second kappa shape index (κ2) is 8.87. The zero-order valence-corrected chi connectivity index (χ0v) is 18.9. The lowest BCUT2D eigenvalue weighted by Crippen LogP contribution is -2.17. The molecular weight excluding hydrogens is 467 g/mol. The largest absolute Gasteiger partial charge is 0.507 e. The van der Waals surface area contributed by atoms with Gasteiger partial charge in [0.15, 0.2) is 0 Å². The lowest BCUT2D eigenvalue weighted by atomic mass is 10.1. The number of halogens is 4. The number of carbonyl (C=O) groups is 1. The molecule has 3 aromatic carbocycles.